The van der Waals surface area contributed by atoms with Crippen LogP contribution in [0.4, 0.5) is 0 Å². The lowest BCUT2D eigenvalue weighted by atomic mass is 9.74. The molecule has 1 heterocycles. The average Bonchev–Trinajstić information content (AvgIpc) is 2.69. The fraction of sp³-hybridized carbons (Fsp3) is 0.647. The molecule has 0 saturated heterocycles. The summed E-state index contributed by atoms with van der Waals surface area (Å²) in [6, 6.07) is 8.32. The van der Waals surface area contributed by atoms with Crippen LogP contribution in [0.3, 0.4) is 0 Å². The molecule has 3 rings (SSSR count). The van der Waals surface area contributed by atoms with E-state index in [1.165, 1.54) is 37.7 Å². The van der Waals surface area contributed by atoms with Crippen molar-refractivity contribution in [2.75, 3.05) is 26.3 Å². The summed E-state index contributed by atoms with van der Waals surface area (Å²) in [5.41, 5.74) is 1.39. The van der Waals surface area contributed by atoms with E-state index in [2.05, 4.69) is 23.1 Å². The number of para-hydroxylation sites is 1. The molecule has 0 radical (unpaired) electrons. The zero-order valence-corrected chi connectivity index (χ0v) is 12.2. The zero-order chi connectivity index (χ0) is 13.8. The molecule has 1 aliphatic heterocycles. The predicted molar refractivity (Wildman–Crippen MR) is 79.8 cm³/mol. The van der Waals surface area contributed by atoms with E-state index in [0.29, 0.717) is 6.61 Å². The number of hydrogen-bond donors (Lipinski definition) is 1. The van der Waals surface area contributed by atoms with Gasteiger partial charge in [0.05, 0.1) is 0 Å². The monoisotopic (exact) mass is 275 g/mol. The molecule has 20 heavy (non-hydrogen) atoms. The molecule has 110 valence electrons. The van der Waals surface area contributed by atoms with Gasteiger partial charge in [0.2, 0.25) is 0 Å². The molecule has 0 atom stereocenters. The number of nitrogens with zero attached hydrogens (tertiary/aromatic N) is 1. The predicted octanol–water partition coefficient (Wildman–Crippen LogP) is 2.82. The van der Waals surface area contributed by atoms with Gasteiger partial charge in [0.1, 0.15) is 12.4 Å². The lowest BCUT2D eigenvalue weighted by molar-refractivity contribution is 0.0362. The molecule has 0 amide bonds. The number of aliphatic hydroxyl groups excluding tert-OH is 1. The Bertz CT molecular complexity index is 440. The minimum atomic E-state index is 0.123. The second-order valence-corrected chi connectivity index (χ2v) is 6.39. The fourth-order valence-electron chi connectivity index (χ4n) is 3.66. The first-order valence-electron chi connectivity index (χ1n) is 7.85. The molecule has 1 fully saturated rings. The summed E-state index contributed by atoms with van der Waals surface area (Å²) in [4.78, 5) is 2.47. The molecule has 3 heteroatoms. The van der Waals surface area contributed by atoms with Crippen LogP contribution in [0.25, 0.3) is 0 Å². The van der Waals surface area contributed by atoms with E-state index < -0.39 is 0 Å². The molecule has 1 saturated carbocycles. The van der Waals surface area contributed by atoms with Crippen LogP contribution in [-0.4, -0.2) is 36.3 Å². The van der Waals surface area contributed by atoms with Gasteiger partial charge in [0.25, 0.3) is 0 Å². The number of hydrogen-bond acceptors (Lipinski definition) is 3. The summed E-state index contributed by atoms with van der Waals surface area (Å²) in [5, 5.41) is 9.88. The van der Waals surface area contributed by atoms with E-state index in [-0.39, 0.29) is 5.41 Å². The summed E-state index contributed by atoms with van der Waals surface area (Å²) in [7, 11) is 0. The van der Waals surface area contributed by atoms with Crippen molar-refractivity contribution in [1.82, 2.24) is 4.90 Å². The van der Waals surface area contributed by atoms with Gasteiger partial charge in [-0.05, 0) is 18.9 Å². The smallest absolute Gasteiger partial charge is 0.123 e. The highest BCUT2D eigenvalue weighted by molar-refractivity contribution is 5.33. The third-order valence-corrected chi connectivity index (χ3v) is 4.84. The van der Waals surface area contributed by atoms with Gasteiger partial charge in [-0.3, -0.25) is 4.90 Å². The van der Waals surface area contributed by atoms with Crippen molar-refractivity contribution in [2.45, 2.75) is 38.6 Å². The summed E-state index contributed by atoms with van der Waals surface area (Å²) >= 11 is 0. The number of rotatable bonds is 3. The Kier molecular flexibility index (Phi) is 4.27. The lowest BCUT2D eigenvalue weighted by Crippen LogP contribution is -2.42. The molecule has 1 aromatic rings. The molecule has 2 aliphatic rings. The second-order valence-electron chi connectivity index (χ2n) is 6.39. The number of aliphatic hydroxyl groups is 1. The molecule has 3 nitrogen and oxygen atoms in total. The molecular formula is C17H25NO2. The lowest BCUT2D eigenvalue weighted by Gasteiger charge is -2.39. The first-order chi connectivity index (χ1) is 9.81. The van der Waals surface area contributed by atoms with Gasteiger partial charge in [-0.15, -0.1) is 0 Å². The number of benzene rings is 1. The summed E-state index contributed by atoms with van der Waals surface area (Å²) < 4.78 is 5.83. The van der Waals surface area contributed by atoms with Gasteiger partial charge >= 0.3 is 0 Å². The van der Waals surface area contributed by atoms with E-state index in [1.807, 2.05) is 6.07 Å². The number of ether oxygens (including phenoxy) is 1. The van der Waals surface area contributed by atoms with E-state index in [9.17, 15) is 5.11 Å². The van der Waals surface area contributed by atoms with Crippen molar-refractivity contribution in [3.05, 3.63) is 29.8 Å². The Morgan fingerprint density at radius 2 is 1.95 bits per heavy atom. The van der Waals surface area contributed by atoms with E-state index >= 15 is 0 Å². The molecule has 1 N–H and O–H groups in total. The van der Waals surface area contributed by atoms with Crippen LogP contribution in [0.1, 0.15) is 37.7 Å². The van der Waals surface area contributed by atoms with Gasteiger partial charge in [-0.1, -0.05) is 37.5 Å². The standard InChI is InChI=1S/C17H25NO2/c19-14-17(8-4-1-5-9-17)13-18-10-11-20-16-7-3-2-6-15(16)12-18/h2-3,6-7,19H,1,4-5,8-14H2. The maximum Gasteiger partial charge on any atom is 0.123 e. The summed E-state index contributed by atoms with van der Waals surface area (Å²) in [6.07, 6.45) is 6.20. The topological polar surface area (TPSA) is 32.7 Å². The van der Waals surface area contributed by atoms with Crippen molar-refractivity contribution in [2.24, 2.45) is 5.41 Å². The van der Waals surface area contributed by atoms with Crippen LogP contribution in [0.15, 0.2) is 24.3 Å². The molecule has 0 unspecified atom stereocenters. The molecule has 0 bridgehead atoms. The van der Waals surface area contributed by atoms with Crippen molar-refractivity contribution in [1.29, 1.82) is 0 Å². The van der Waals surface area contributed by atoms with E-state index in [1.54, 1.807) is 0 Å². The number of fused-ring (bicyclic) bond motifs is 1. The van der Waals surface area contributed by atoms with E-state index in [4.69, 9.17) is 4.74 Å². The zero-order valence-electron chi connectivity index (χ0n) is 12.2. The van der Waals surface area contributed by atoms with Gasteiger partial charge in [0, 0.05) is 37.2 Å². The molecule has 1 aliphatic carbocycles. The third kappa shape index (κ3) is 2.99. The maximum atomic E-state index is 9.88. The minimum Gasteiger partial charge on any atom is -0.492 e. The second kappa shape index (κ2) is 6.15. The Morgan fingerprint density at radius 1 is 1.15 bits per heavy atom. The van der Waals surface area contributed by atoms with Crippen molar-refractivity contribution < 1.29 is 9.84 Å². The van der Waals surface area contributed by atoms with Crippen LogP contribution in [-0.2, 0) is 6.54 Å². The highest BCUT2D eigenvalue weighted by Gasteiger charge is 2.33. The van der Waals surface area contributed by atoms with Gasteiger partial charge in [-0.25, -0.2) is 0 Å². The first kappa shape index (κ1) is 13.9. The molecular weight excluding hydrogens is 250 g/mol. The van der Waals surface area contributed by atoms with Crippen LogP contribution in [0, 0.1) is 5.41 Å². The Balaban J connectivity index is 1.71. The van der Waals surface area contributed by atoms with Crippen molar-refractivity contribution >= 4 is 0 Å². The molecule has 0 aromatic heterocycles. The Labute approximate surface area is 121 Å². The summed E-state index contributed by atoms with van der Waals surface area (Å²) in [6.45, 7) is 3.97. The fourth-order valence-corrected chi connectivity index (χ4v) is 3.66. The van der Waals surface area contributed by atoms with E-state index in [0.717, 1.165) is 32.0 Å². The third-order valence-electron chi connectivity index (χ3n) is 4.84. The SMILES string of the molecule is OCC1(CN2CCOc3ccccc3C2)CCCCC1. The Morgan fingerprint density at radius 3 is 2.75 bits per heavy atom. The van der Waals surface area contributed by atoms with Crippen LogP contribution in [0.5, 0.6) is 5.75 Å². The first-order valence-corrected chi connectivity index (χ1v) is 7.85. The van der Waals surface area contributed by atoms with Gasteiger partial charge < -0.3 is 9.84 Å². The van der Waals surface area contributed by atoms with Crippen LogP contribution < -0.4 is 4.74 Å². The largest absolute Gasteiger partial charge is 0.492 e. The highest BCUT2D eigenvalue weighted by atomic mass is 16.5. The average molecular weight is 275 g/mol. The summed E-state index contributed by atoms with van der Waals surface area (Å²) in [5.74, 6) is 1.02. The normalized spacial score (nSPS) is 22.6. The molecule has 0 spiro atoms. The Hall–Kier alpha value is -1.06. The highest BCUT2D eigenvalue weighted by Crippen LogP contribution is 2.37. The van der Waals surface area contributed by atoms with Crippen LogP contribution in [0.2, 0.25) is 0 Å². The van der Waals surface area contributed by atoms with Gasteiger partial charge in [-0.2, -0.15) is 0 Å². The minimum absolute atomic E-state index is 0.123. The van der Waals surface area contributed by atoms with Crippen molar-refractivity contribution in [3.8, 4) is 5.75 Å². The maximum absolute atomic E-state index is 9.88. The quantitative estimate of drug-likeness (QED) is 0.920. The molecule has 1 aromatic carbocycles. The van der Waals surface area contributed by atoms with Crippen molar-refractivity contribution in [3.63, 3.8) is 0 Å². The van der Waals surface area contributed by atoms with Crippen LogP contribution >= 0.6 is 0 Å². The van der Waals surface area contributed by atoms with Gasteiger partial charge in [0.15, 0.2) is 0 Å².